The zero-order valence-electron chi connectivity index (χ0n) is 19.9. The number of carbonyl (C=O) groups excluding carboxylic acids is 2. The van der Waals surface area contributed by atoms with Gasteiger partial charge < -0.3 is 26.8 Å². The van der Waals surface area contributed by atoms with Crippen LogP contribution in [-0.2, 0) is 19.4 Å². The largest absolute Gasteiger partial charge is 0.390 e. The van der Waals surface area contributed by atoms with E-state index in [2.05, 4.69) is 28.9 Å². The molecule has 3 rings (SSSR count). The van der Waals surface area contributed by atoms with E-state index in [1.807, 2.05) is 18.2 Å². The Morgan fingerprint density at radius 1 is 0.944 bits per heavy atom. The Hall–Kier alpha value is -3.82. The first-order valence-corrected chi connectivity index (χ1v) is 11.6. The summed E-state index contributed by atoms with van der Waals surface area (Å²) in [4.78, 5) is 23.9. The SMILES string of the molecule is CCc1cccc(CNC[C@@H](O)[C@H](Cc2cc(F)cc(F)c2)NC(=O)c2ccc(NC(N)=O)cc2)c1. The number of primary amides is 1. The molecule has 0 radical (unpaired) electrons. The normalized spacial score (nSPS) is 12.6. The summed E-state index contributed by atoms with van der Waals surface area (Å²) in [5.74, 6) is -1.97. The average molecular weight is 497 g/mol. The van der Waals surface area contributed by atoms with Crippen LogP contribution in [0.3, 0.4) is 0 Å². The molecule has 0 saturated heterocycles. The molecule has 3 aromatic rings. The number of urea groups is 1. The zero-order chi connectivity index (χ0) is 26.1. The number of aryl methyl sites for hydroxylation is 1. The van der Waals surface area contributed by atoms with E-state index in [1.54, 1.807) is 0 Å². The summed E-state index contributed by atoms with van der Waals surface area (Å²) in [6.45, 7) is 2.72. The van der Waals surface area contributed by atoms with Crippen LogP contribution in [0.4, 0.5) is 19.3 Å². The molecule has 2 atom stereocenters. The summed E-state index contributed by atoms with van der Waals surface area (Å²) in [5, 5.41) is 19.2. The fourth-order valence-corrected chi connectivity index (χ4v) is 3.83. The Morgan fingerprint density at radius 3 is 2.25 bits per heavy atom. The maximum absolute atomic E-state index is 13.7. The third kappa shape index (κ3) is 8.14. The predicted molar refractivity (Wildman–Crippen MR) is 134 cm³/mol. The van der Waals surface area contributed by atoms with Crippen molar-refractivity contribution in [2.24, 2.45) is 5.73 Å². The summed E-state index contributed by atoms with van der Waals surface area (Å²) in [5.41, 5.74) is 8.34. The molecule has 0 heterocycles. The standard InChI is InChI=1S/C27H30F2N4O3/c1-2-17-4-3-5-18(10-17)15-31-16-25(34)24(13-19-11-21(28)14-22(29)12-19)33-26(35)20-6-8-23(9-7-20)32-27(30)36/h3-12,14,24-25,31,34H,2,13,15-16H2,1H3,(H,33,35)(H3,30,32,36)/t24-,25+/m0/s1. The molecule has 9 heteroatoms. The Labute approximate surface area is 208 Å². The van der Waals surface area contributed by atoms with Gasteiger partial charge in [0.25, 0.3) is 5.91 Å². The van der Waals surface area contributed by atoms with E-state index in [0.29, 0.717) is 17.8 Å². The van der Waals surface area contributed by atoms with Gasteiger partial charge in [0.15, 0.2) is 0 Å². The van der Waals surface area contributed by atoms with Gasteiger partial charge in [-0.1, -0.05) is 31.2 Å². The molecule has 6 N–H and O–H groups in total. The highest BCUT2D eigenvalue weighted by molar-refractivity contribution is 5.95. The molecule has 3 aromatic carbocycles. The highest BCUT2D eigenvalue weighted by Crippen LogP contribution is 2.14. The lowest BCUT2D eigenvalue weighted by atomic mass is 10.00. The molecule has 0 bridgehead atoms. The van der Waals surface area contributed by atoms with Gasteiger partial charge in [0, 0.05) is 30.4 Å². The zero-order valence-corrected chi connectivity index (χ0v) is 19.9. The summed E-state index contributed by atoms with van der Waals surface area (Å²) >= 11 is 0. The van der Waals surface area contributed by atoms with Crippen LogP contribution in [-0.4, -0.2) is 35.7 Å². The summed E-state index contributed by atoms with van der Waals surface area (Å²) in [7, 11) is 0. The lowest BCUT2D eigenvalue weighted by Gasteiger charge is -2.25. The first-order chi connectivity index (χ1) is 17.2. The Morgan fingerprint density at radius 2 is 1.61 bits per heavy atom. The molecule has 0 saturated carbocycles. The van der Waals surface area contributed by atoms with Gasteiger partial charge >= 0.3 is 6.03 Å². The highest BCUT2D eigenvalue weighted by atomic mass is 19.1. The third-order valence-corrected chi connectivity index (χ3v) is 5.66. The maximum Gasteiger partial charge on any atom is 0.316 e. The molecule has 0 spiro atoms. The highest BCUT2D eigenvalue weighted by Gasteiger charge is 2.23. The van der Waals surface area contributed by atoms with Crippen LogP contribution in [0.15, 0.2) is 66.7 Å². The van der Waals surface area contributed by atoms with Crippen molar-refractivity contribution in [2.75, 3.05) is 11.9 Å². The van der Waals surface area contributed by atoms with Crippen LogP contribution in [0.1, 0.15) is 34.0 Å². The second-order valence-corrected chi connectivity index (χ2v) is 8.50. The third-order valence-electron chi connectivity index (χ3n) is 5.66. The minimum Gasteiger partial charge on any atom is -0.390 e. The number of hydrogen-bond acceptors (Lipinski definition) is 4. The predicted octanol–water partition coefficient (Wildman–Crippen LogP) is 3.51. The Balaban J connectivity index is 1.70. The number of benzene rings is 3. The van der Waals surface area contributed by atoms with Crippen molar-refractivity contribution in [3.63, 3.8) is 0 Å². The van der Waals surface area contributed by atoms with Crippen molar-refractivity contribution >= 4 is 17.6 Å². The minimum atomic E-state index is -1.05. The van der Waals surface area contributed by atoms with E-state index in [-0.39, 0.29) is 18.5 Å². The second kappa shape index (κ2) is 12.8. The summed E-state index contributed by atoms with van der Waals surface area (Å²) in [6.07, 6.45) is -0.130. The number of rotatable bonds is 11. The number of aliphatic hydroxyl groups is 1. The topological polar surface area (TPSA) is 116 Å². The van der Waals surface area contributed by atoms with Crippen LogP contribution in [0.5, 0.6) is 0 Å². The van der Waals surface area contributed by atoms with E-state index in [9.17, 15) is 23.5 Å². The first kappa shape index (κ1) is 26.8. The van der Waals surface area contributed by atoms with E-state index in [4.69, 9.17) is 5.73 Å². The monoisotopic (exact) mass is 496 g/mol. The van der Waals surface area contributed by atoms with Crippen LogP contribution >= 0.6 is 0 Å². The number of nitrogens with one attached hydrogen (secondary N) is 3. The number of anilines is 1. The van der Waals surface area contributed by atoms with Crippen molar-refractivity contribution in [3.8, 4) is 0 Å². The number of nitrogens with two attached hydrogens (primary N) is 1. The molecule has 36 heavy (non-hydrogen) atoms. The minimum absolute atomic E-state index is 0.00982. The maximum atomic E-state index is 13.7. The van der Waals surface area contributed by atoms with Crippen LogP contribution in [0.25, 0.3) is 0 Å². The van der Waals surface area contributed by atoms with Crippen molar-refractivity contribution < 1.29 is 23.5 Å². The quantitative estimate of drug-likeness (QED) is 0.279. The van der Waals surface area contributed by atoms with E-state index in [0.717, 1.165) is 18.1 Å². The van der Waals surface area contributed by atoms with Crippen LogP contribution in [0, 0.1) is 11.6 Å². The summed E-state index contributed by atoms with van der Waals surface area (Å²) < 4.78 is 27.5. The van der Waals surface area contributed by atoms with Crippen molar-refractivity contribution in [2.45, 2.75) is 38.5 Å². The van der Waals surface area contributed by atoms with Gasteiger partial charge in [-0.2, -0.15) is 0 Å². The molecule has 0 aliphatic heterocycles. The molecule has 0 aliphatic rings. The van der Waals surface area contributed by atoms with Gasteiger partial charge in [-0.15, -0.1) is 0 Å². The van der Waals surface area contributed by atoms with Crippen molar-refractivity contribution in [3.05, 3.63) is 101 Å². The molecular formula is C27H30F2N4O3. The van der Waals surface area contributed by atoms with E-state index < -0.39 is 35.7 Å². The number of hydrogen-bond donors (Lipinski definition) is 5. The van der Waals surface area contributed by atoms with Gasteiger partial charge in [0.1, 0.15) is 11.6 Å². The smallest absolute Gasteiger partial charge is 0.316 e. The van der Waals surface area contributed by atoms with Crippen LogP contribution in [0.2, 0.25) is 0 Å². The molecule has 7 nitrogen and oxygen atoms in total. The van der Waals surface area contributed by atoms with Crippen molar-refractivity contribution in [1.82, 2.24) is 10.6 Å². The number of halogens is 2. The van der Waals surface area contributed by atoms with Gasteiger partial charge in [0.05, 0.1) is 12.1 Å². The fraction of sp³-hybridized carbons (Fsp3) is 0.259. The Bertz CT molecular complexity index is 1170. The molecular weight excluding hydrogens is 466 g/mol. The lowest BCUT2D eigenvalue weighted by Crippen LogP contribution is -2.48. The van der Waals surface area contributed by atoms with Gasteiger partial charge in [-0.3, -0.25) is 4.79 Å². The summed E-state index contributed by atoms with van der Waals surface area (Å²) in [6, 6.07) is 15.6. The second-order valence-electron chi connectivity index (χ2n) is 8.50. The average Bonchev–Trinajstić information content (AvgIpc) is 2.83. The molecule has 0 fully saturated rings. The number of amides is 3. The molecule has 0 aliphatic carbocycles. The fourth-order valence-electron chi connectivity index (χ4n) is 3.83. The van der Waals surface area contributed by atoms with Gasteiger partial charge in [0.2, 0.25) is 0 Å². The number of aliphatic hydroxyl groups excluding tert-OH is 1. The van der Waals surface area contributed by atoms with Gasteiger partial charge in [-0.05, 0) is 65.9 Å². The number of carbonyl (C=O) groups is 2. The molecule has 3 amide bonds. The molecule has 0 unspecified atom stereocenters. The van der Waals surface area contributed by atoms with Gasteiger partial charge in [-0.25, -0.2) is 13.6 Å². The van der Waals surface area contributed by atoms with E-state index in [1.165, 1.54) is 42.0 Å². The lowest BCUT2D eigenvalue weighted by molar-refractivity contribution is 0.0830. The molecule has 0 aromatic heterocycles. The molecule has 190 valence electrons. The first-order valence-electron chi connectivity index (χ1n) is 11.6. The Kier molecular flexibility index (Phi) is 9.49. The van der Waals surface area contributed by atoms with Crippen LogP contribution < -0.4 is 21.7 Å². The van der Waals surface area contributed by atoms with E-state index >= 15 is 0 Å². The van der Waals surface area contributed by atoms with Crippen molar-refractivity contribution in [1.29, 1.82) is 0 Å².